The largest absolute Gasteiger partial charge is 0.465 e. The maximum atomic E-state index is 10.2. The molecule has 0 saturated heterocycles. The van der Waals surface area contributed by atoms with Gasteiger partial charge in [0.15, 0.2) is 0 Å². The van der Waals surface area contributed by atoms with Crippen LogP contribution in [0.5, 0.6) is 0 Å². The number of carboxylic acid groups (broad SMARTS) is 1. The van der Waals surface area contributed by atoms with Crippen LogP contribution in [0, 0.1) is 0 Å². The van der Waals surface area contributed by atoms with E-state index in [1.165, 1.54) is 0 Å². The van der Waals surface area contributed by atoms with Crippen molar-refractivity contribution in [2.75, 3.05) is 0 Å². The second-order valence-electron chi connectivity index (χ2n) is 2.39. The molecule has 3 nitrogen and oxygen atoms in total. The molecule has 0 heterocycles. The molecule has 70 valence electrons. The Hall–Kier alpha value is -0.930. The molecule has 1 rings (SSSR count). The molecule has 5 heteroatoms. The zero-order valence-corrected chi connectivity index (χ0v) is 8.06. The summed E-state index contributed by atoms with van der Waals surface area (Å²) in [5.41, 5.74) is 0.663. The quantitative estimate of drug-likeness (QED) is 0.804. The predicted octanol–water partition coefficient (Wildman–Crippen LogP) is 2.76. The van der Waals surface area contributed by atoms with Crippen molar-refractivity contribution >= 4 is 29.3 Å². The van der Waals surface area contributed by atoms with E-state index in [0.717, 1.165) is 0 Å². The number of amides is 1. The molecule has 0 unspecified atom stereocenters. The Kier molecular flexibility index (Phi) is 3.39. The molecule has 1 aromatic rings. The lowest BCUT2D eigenvalue weighted by molar-refractivity contribution is 0.194. The van der Waals surface area contributed by atoms with E-state index in [9.17, 15) is 4.79 Å². The lowest BCUT2D eigenvalue weighted by atomic mass is 10.2. The molecule has 13 heavy (non-hydrogen) atoms. The maximum Gasteiger partial charge on any atom is 0.404 e. The van der Waals surface area contributed by atoms with E-state index in [1.54, 1.807) is 18.2 Å². The van der Waals surface area contributed by atoms with Gasteiger partial charge < -0.3 is 10.4 Å². The zero-order chi connectivity index (χ0) is 9.84. The fourth-order valence-corrected chi connectivity index (χ4v) is 1.23. The summed E-state index contributed by atoms with van der Waals surface area (Å²) in [6.45, 7) is 0.161. The topological polar surface area (TPSA) is 49.3 Å². The minimum Gasteiger partial charge on any atom is -0.465 e. The molecule has 0 fully saturated rings. The van der Waals surface area contributed by atoms with E-state index >= 15 is 0 Å². The van der Waals surface area contributed by atoms with Crippen LogP contribution in [0.25, 0.3) is 0 Å². The fourth-order valence-electron chi connectivity index (χ4n) is 0.850. The van der Waals surface area contributed by atoms with Gasteiger partial charge >= 0.3 is 6.09 Å². The Labute approximate surface area is 85.3 Å². The molecule has 0 spiro atoms. The van der Waals surface area contributed by atoms with Crippen LogP contribution < -0.4 is 5.32 Å². The van der Waals surface area contributed by atoms with Gasteiger partial charge in [-0.3, -0.25) is 0 Å². The smallest absolute Gasteiger partial charge is 0.404 e. The molecule has 1 amide bonds. The SMILES string of the molecule is O=C(O)NCc1cc(Cl)ccc1Cl. The van der Waals surface area contributed by atoms with E-state index in [1.807, 2.05) is 0 Å². The molecule has 2 N–H and O–H groups in total. The summed E-state index contributed by atoms with van der Waals surface area (Å²) in [6, 6.07) is 4.90. The van der Waals surface area contributed by atoms with Crippen molar-refractivity contribution in [2.24, 2.45) is 0 Å². The molecule has 1 aromatic carbocycles. The first kappa shape index (κ1) is 10.2. The van der Waals surface area contributed by atoms with Crippen LogP contribution in [0.2, 0.25) is 10.0 Å². The standard InChI is InChI=1S/C8H7Cl2NO2/c9-6-1-2-7(10)5(3-6)4-11-8(12)13/h1-3,11H,4H2,(H,12,13). The van der Waals surface area contributed by atoms with E-state index in [2.05, 4.69) is 5.32 Å². The summed E-state index contributed by atoms with van der Waals surface area (Å²) in [5, 5.41) is 11.6. The number of carbonyl (C=O) groups is 1. The number of rotatable bonds is 2. The van der Waals surface area contributed by atoms with E-state index < -0.39 is 6.09 Å². The number of nitrogens with one attached hydrogen (secondary N) is 1. The first-order chi connectivity index (χ1) is 6.09. The lowest BCUT2D eigenvalue weighted by Gasteiger charge is -2.03. The number of benzene rings is 1. The fraction of sp³-hybridized carbons (Fsp3) is 0.125. The van der Waals surface area contributed by atoms with Crippen LogP contribution in [-0.4, -0.2) is 11.2 Å². The zero-order valence-electron chi connectivity index (χ0n) is 6.55. The highest BCUT2D eigenvalue weighted by molar-refractivity contribution is 6.33. The van der Waals surface area contributed by atoms with Crippen LogP contribution in [0.1, 0.15) is 5.56 Å². The highest BCUT2D eigenvalue weighted by Crippen LogP contribution is 2.20. The van der Waals surface area contributed by atoms with Crippen molar-refractivity contribution in [3.8, 4) is 0 Å². The van der Waals surface area contributed by atoms with Gasteiger partial charge in [-0.05, 0) is 23.8 Å². The molecule has 0 bridgehead atoms. The Morgan fingerprint density at radius 3 is 2.77 bits per heavy atom. The Balaban J connectivity index is 2.75. The highest BCUT2D eigenvalue weighted by atomic mass is 35.5. The van der Waals surface area contributed by atoms with Crippen molar-refractivity contribution in [1.29, 1.82) is 0 Å². The lowest BCUT2D eigenvalue weighted by Crippen LogP contribution is -2.20. The van der Waals surface area contributed by atoms with Crippen LogP contribution >= 0.6 is 23.2 Å². The molecule has 0 aliphatic rings. The highest BCUT2D eigenvalue weighted by Gasteiger charge is 2.02. The summed E-state index contributed by atoms with van der Waals surface area (Å²) in [7, 11) is 0. The molecule has 0 atom stereocenters. The van der Waals surface area contributed by atoms with Crippen molar-refractivity contribution < 1.29 is 9.90 Å². The molecule has 0 aliphatic carbocycles. The third-order valence-corrected chi connectivity index (χ3v) is 2.04. The third kappa shape index (κ3) is 3.13. The number of hydrogen-bond acceptors (Lipinski definition) is 1. The van der Waals surface area contributed by atoms with Gasteiger partial charge in [-0.1, -0.05) is 23.2 Å². The summed E-state index contributed by atoms with van der Waals surface area (Å²) in [4.78, 5) is 10.2. The third-order valence-electron chi connectivity index (χ3n) is 1.44. The maximum absolute atomic E-state index is 10.2. The molecule has 0 aromatic heterocycles. The number of hydrogen-bond donors (Lipinski definition) is 2. The first-order valence-corrected chi connectivity index (χ1v) is 4.26. The summed E-state index contributed by atoms with van der Waals surface area (Å²) in [6.07, 6.45) is -1.09. The van der Waals surface area contributed by atoms with Gasteiger partial charge in [0, 0.05) is 16.6 Å². The van der Waals surface area contributed by atoms with Gasteiger partial charge in [0.1, 0.15) is 0 Å². The van der Waals surface area contributed by atoms with E-state index in [4.69, 9.17) is 28.3 Å². The summed E-state index contributed by atoms with van der Waals surface area (Å²) < 4.78 is 0. The van der Waals surface area contributed by atoms with Crippen LogP contribution in [0.3, 0.4) is 0 Å². The average Bonchev–Trinajstić information content (AvgIpc) is 2.06. The van der Waals surface area contributed by atoms with Crippen molar-refractivity contribution in [2.45, 2.75) is 6.54 Å². The second kappa shape index (κ2) is 4.35. The minimum atomic E-state index is -1.09. The number of halogens is 2. The van der Waals surface area contributed by atoms with Gasteiger partial charge in [-0.2, -0.15) is 0 Å². The normalized spacial score (nSPS) is 9.69. The molecular weight excluding hydrogens is 213 g/mol. The van der Waals surface area contributed by atoms with Crippen LogP contribution in [0.15, 0.2) is 18.2 Å². The summed E-state index contributed by atoms with van der Waals surface area (Å²) >= 11 is 11.5. The Morgan fingerprint density at radius 1 is 1.46 bits per heavy atom. The van der Waals surface area contributed by atoms with Crippen LogP contribution in [-0.2, 0) is 6.54 Å². The Bertz CT molecular complexity index is 328. The van der Waals surface area contributed by atoms with E-state index in [-0.39, 0.29) is 6.54 Å². The van der Waals surface area contributed by atoms with Gasteiger partial charge in [-0.15, -0.1) is 0 Å². The van der Waals surface area contributed by atoms with Gasteiger partial charge in [0.25, 0.3) is 0 Å². The van der Waals surface area contributed by atoms with E-state index in [0.29, 0.717) is 15.6 Å². The van der Waals surface area contributed by atoms with Gasteiger partial charge in [-0.25, -0.2) is 4.79 Å². The first-order valence-electron chi connectivity index (χ1n) is 3.50. The van der Waals surface area contributed by atoms with Gasteiger partial charge in [0.05, 0.1) is 0 Å². The average molecular weight is 220 g/mol. The molecular formula is C8H7Cl2NO2. The Morgan fingerprint density at radius 2 is 2.15 bits per heavy atom. The molecule has 0 saturated carbocycles. The van der Waals surface area contributed by atoms with Gasteiger partial charge in [0.2, 0.25) is 0 Å². The monoisotopic (exact) mass is 219 g/mol. The molecule has 0 radical (unpaired) electrons. The molecule has 0 aliphatic heterocycles. The van der Waals surface area contributed by atoms with Crippen molar-refractivity contribution in [3.05, 3.63) is 33.8 Å². The predicted molar refractivity (Wildman–Crippen MR) is 51.3 cm³/mol. The van der Waals surface area contributed by atoms with Crippen LogP contribution in [0.4, 0.5) is 4.79 Å². The van der Waals surface area contributed by atoms with Crippen molar-refractivity contribution in [3.63, 3.8) is 0 Å². The summed E-state index contributed by atoms with van der Waals surface area (Å²) in [5.74, 6) is 0. The van der Waals surface area contributed by atoms with Crippen molar-refractivity contribution in [1.82, 2.24) is 5.32 Å². The minimum absolute atomic E-state index is 0.161. The second-order valence-corrected chi connectivity index (χ2v) is 3.24.